The van der Waals surface area contributed by atoms with Gasteiger partial charge in [-0.1, -0.05) is 0 Å². The molecule has 0 amide bonds. The molecule has 1 saturated carbocycles. The van der Waals surface area contributed by atoms with Gasteiger partial charge in [0.15, 0.2) is 0 Å². The number of alkyl halides is 2. The minimum atomic E-state index is -2.59. The Hall–Kier alpha value is -0.710. The fourth-order valence-corrected chi connectivity index (χ4v) is 1.98. The van der Waals surface area contributed by atoms with Crippen molar-refractivity contribution in [2.45, 2.75) is 64.0 Å². The van der Waals surface area contributed by atoms with Gasteiger partial charge in [0.2, 0.25) is 5.92 Å². The van der Waals surface area contributed by atoms with Crippen molar-refractivity contribution >= 4 is 5.97 Å². The number of hydrogen-bond acceptors (Lipinski definition) is 3. The number of carbonyl (C=O) groups is 1. The highest BCUT2D eigenvalue weighted by atomic mass is 19.3. The van der Waals surface area contributed by atoms with E-state index in [0.717, 1.165) is 0 Å². The van der Waals surface area contributed by atoms with Crippen LogP contribution in [-0.4, -0.2) is 23.5 Å². The van der Waals surface area contributed by atoms with Crippen LogP contribution in [-0.2, 0) is 9.53 Å². The first-order valence-corrected chi connectivity index (χ1v) is 5.97. The molecule has 0 heterocycles. The molecule has 0 saturated heterocycles. The lowest BCUT2D eigenvalue weighted by atomic mass is 9.82. The van der Waals surface area contributed by atoms with E-state index in [9.17, 15) is 13.6 Å². The molecule has 1 rings (SSSR count). The second kappa shape index (κ2) is 4.88. The Bertz CT molecular complexity index is 277. The van der Waals surface area contributed by atoms with Crippen LogP contribution < -0.4 is 5.73 Å². The Balaban J connectivity index is 2.49. The van der Waals surface area contributed by atoms with Gasteiger partial charge in [-0.2, -0.15) is 0 Å². The lowest BCUT2D eigenvalue weighted by molar-refractivity contribution is -0.159. The van der Waals surface area contributed by atoms with Gasteiger partial charge in [-0.3, -0.25) is 4.79 Å². The summed E-state index contributed by atoms with van der Waals surface area (Å²) in [5, 5.41) is 0. The lowest BCUT2D eigenvalue weighted by Gasteiger charge is -2.32. The van der Waals surface area contributed by atoms with Crippen LogP contribution in [0.15, 0.2) is 0 Å². The van der Waals surface area contributed by atoms with E-state index in [1.165, 1.54) is 0 Å². The number of rotatable bonds is 2. The second-order valence-corrected chi connectivity index (χ2v) is 5.75. The Morgan fingerprint density at radius 1 is 1.35 bits per heavy atom. The summed E-state index contributed by atoms with van der Waals surface area (Å²) >= 11 is 0. The number of carbonyl (C=O) groups excluding carboxylic acids is 1. The van der Waals surface area contributed by atoms with Crippen molar-refractivity contribution in [3.8, 4) is 0 Å². The summed E-state index contributed by atoms with van der Waals surface area (Å²) in [7, 11) is 0. The number of ether oxygens (including phenoxy) is 1. The van der Waals surface area contributed by atoms with E-state index in [1.807, 2.05) is 0 Å². The van der Waals surface area contributed by atoms with Gasteiger partial charge in [-0.25, -0.2) is 8.78 Å². The molecule has 0 aromatic carbocycles. The van der Waals surface area contributed by atoms with Crippen molar-refractivity contribution in [3.05, 3.63) is 0 Å². The Kier molecular flexibility index (Phi) is 4.12. The molecule has 1 aliphatic rings. The number of esters is 1. The quantitative estimate of drug-likeness (QED) is 0.765. The molecule has 0 spiro atoms. The first-order valence-electron chi connectivity index (χ1n) is 5.97. The Labute approximate surface area is 101 Å². The standard InChI is InChI=1S/C12H21F2NO2/c1-11(2,3)17-10(16)9(15)8-4-6-12(13,14)7-5-8/h8-9H,4-7,15H2,1-3H3. The van der Waals surface area contributed by atoms with Crippen LogP contribution in [0.2, 0.25) is 0 Å². The fourth-order valence-electron chi connectivity index (χ4n) is 1.98. The van der Waals surface area contributed by atoms with E-state index in [1.54, 1.807) is 20.8 Å². The van der Waals surface area contributed by atoms with Gasteiger partial charge in [-0.15, -0.1) is 0 Å². The summed E-state index contributed by atoms with van der Waals surface area (Å²) in [6.07, 6.45) is 0.198. The highest BCUT2D eigenvalue weighted by molar-refractivity contribution is 5.76. The summed E-state index contributed by atoms with van der Waals surface area (Å²) in [6, 6.07) is -0.787. The molecule has 1 fully saturated rings. The molecule has 1 unspecified atom stereocenters. The van der Waals surface area contributed by atoms with E-state index >= 15 is 0 Å². The highest BCUT2D eigenvalue weighted by Gasteiger charge is 2.39. The van der Waals surface area contributed by atoms with Crippen LogP contribution in [0.4, 0.5) is 8.78 Å². The molecule has 3 nitrogen and oxygen atoms in total. The van der Waals surface area contributed by atoms with E-state index in [0.29, 0.717) is 0 Å². The van der Waals surface area contributed by atoms with Crippen LogP contribution >= 0.6 is 0 Å². The third-order valence-corrected chi connectivity index (χ3v) is 2.95. The summed E-state index contributed by atoms with van der Waals surface area (Å²) in [6.45, 7) is 5.27. The lowest BCUT2D eigenvalue weighted by Crippen LogP contribution is -2.44. The molecule has 2 N–H and O–H groups in total. The third-order valence-electron chi connectivity index (χ3n) is 2.95. The SMILES string of the molecule is CC(C)(C)OC(=O)C(N)C1CCC(F)(F)CC1. The van der Waals surface area contributed by atoms with E-state index in [2.05, 4.69) is 0 Å². The van der Waals surface area contributed by atoms with Crippen molar-refractivity contribution in [2.24, 2.45) is 11.7 Å². The molecule has 0 aromatic rings. The topological polar surface area (TPSA) is 52.3 Å². The minimum absolute atomic E-state index is 0.186. The van der Waals surface area contributed by atoms with Crippen LogP contribution in [0.25, 0.3) is 0 Å². The fraction of sp³-hybridized carbons (Fsp3) is 0.917. The zero-order valence-electron chi connectivity index (χ0n) is 10.6. The van der Waals surface area contributed by atoms with Crippen molar-refractivity contribution < 1.29 is 18.3 Å². The summed E-state index contributed by atoms with van der Waals surface area (Å²) in [5.74, 6) is -3.28. The molecule has 0 aromatic heterocycles. The second-order valence-electron chi connectivity index (χ2n) is 5.75. The maximum absolute atomic E-state index is 13.0. The zero-order chi connectivity index (χ0) is 13.3. The van der Waals surface area contributed by atoms with Gasteiger partial charge in [-0.05, 0) is 39.5 Å². The molecule has 0 bridgehead atoms. The predicted octanol–water partition coefficient (Wildman–Crippen LogP) is 2.48. The first-order chi connectivity index (χ1) is 7.61. The van der Waals surface area contributed by atoms with Crippen LogP contribution in [0, 0.1) is 5.92 Å². The number of nitrogens with two attached hydrogens (primary N) is 1. The van der Waals surface area contributed by atoms with Gasteiger partial charge in [0.05, 0.1) is 0 Å². The highest BCUT2D eigenvalue weighted by Crippen LogP contribution is 2.37. The molecule has 1 atom stereocenters. The number of halogens is 2. The van der Waals surface area contributed by atoms with Crippen LogP contribution in [0.3, 0.4) is 0 Å². The smallest absolute Gasteiger partial charge is 0.323 e. The predicted molar refractivity (Wildman–Crippen MR) is 60.7 cm³/mol. The van der Waals surface area contributed by atoms with E-state index < -0.39 is 23.5 Å². The van der Waals surface area contributed by atoms with Crippen molar-refractivity contribution in [3.63, 3.8) is 0 Å². The molecule has 100 valence electrons. The molecule has 5 heteroatoms. The molecule has 0 radical (unpaired) electrons. The summed E-state index contributed by atoms with van der Waals surface area (Å²) < 4.78 is 31.1. The largest absolute Gasteiger partial charge is 0.459 e. The van der Waals surface area contributed by atoms with Crippen LogP contribution in [0.1, 0.15) is 46.5 Å². The van der Waals surface area contributed by atoms with E-state index in [-0.39, 0.29) is 31.6 Å². The average Bonchev–Trinajstić information content (AvgIpc) is 2.14. The van der Waals surface area contributed by atoms with E-state index in [4.69, 9.17) is 10.5 Å². The molecular formula is C12H21F2NO2. The molecule has 1 aliphatic carbocycles. The van der Waals surface area contributed by atoms with Crippen molar-refractivity contribution in [2.75, 3.05) is 0 Å². The third kappa shape index (κ3) is 4.58. The summed E-state index contributed by atoms with van der Waals surface area (Å²) in [5.41, 5.74) is 5.18. The average molecular weight is 249 g/mol. The Morgan fingerprint density at radius 3 is 2.24 bits per heavy atom. The maximum Gasteiger partial charge on any atom is 0.323 e. The monoisotopic (exact) mass is 249 g/mol. The molecule has 0 aliphatic heterocycles. The first kappa shape index (κ1) is 14.4. The zero-order valence-corrected chi connectivity index (χ0v) is 10.6. The van der Waals surface area contributed by atoms with Gasteiger partial charge in [0, 0.05) is 12.8 Å². The van der Waals surface area contributed by atoms with Crippen LogP contribution in [0.5, 0.6) is 0 Å². The Morgan fingerprint density at radius 2 is 1.82 bits per heavy atom. The van der Waals surface area contributed by atoms with Crippen molar-refractivity contribution in [1.82, 2.24) is 0 Å². The van der Waals surface area contributed by atoms with Gasteiger partial charge < -0.3 is 10.5 Å². The van der Waals surface area contributed by atoms with Gasteiger partial charge in [0.1, 0.15) is 11.6 Å². The molecular weight excluding hydrogens is 228 g/mol. The minimum Gasteiger partial charge on any atom is -0.459 e. The molecule has 17 heavy (non-hydrogen) atoms. The normalized spacial score (nSPS) is 23.2. The van der Waals surface area contributed by atoms with Gasteiger partial charge in [0.25, 0.3) is 0 Å². The van der Waals surface area contributed by atoms with Gasteiger partial charge >= 0.3 is 5.97 Å². The maximum atomic E-state index is 13.0. The summed E-state index contributed by atoms with van der Waals surface area (Å²) in [4.78, 5) is 11.7. The number of hydrogen-bond donors (Lipinski definition) is 1. The van der Waals surface area contributed by atoms with Crippen molar-refractivity contribution in [1.29, 1.82) is 0 Å².